The average Bonchev–Trinajstić information content (AvgIpc) is 2.66. The maximum Gasteiger partial charge on any atom is 0.204 e. The first-order valence-electron chi connectivity index (χ1n) is 9.13. The van der Waals surface area contributed by atoms with E-state index in [2.05, 4.69) is 38.7 Å². The van der Waals surface area contributed by atoms with Crippen molar-refractivity contribution in [3.05, 3.63) is 35.4 Å². The first-order chi connectivity index (χ1) is 12.7. The summed E-state index contributed by atoms with van der Waals surface area (Å²) < 4.78 is 5.62. The van der Waals surface area contributed by atoms with Crippen molar-refractivity contribution in [2.45, 2.75) is 38.5 Å². The average molecular weight is 359 g/mol. The normalized spacial score (nSPS) is 16.7. The van der Waals surface area contributed by atoms with Gasteiger partial charge in [-0.05, 0) is 37.1 Å². The molecule has 0 spiro atoms. The van der Waals surface area contributed by atoms with Crippen molar-refractivity contribution in [1.82, 2.24) is 15.5 Å². The Hall–Kier alpha value is -2.14. The van der Waals surface area contributed by atoms with Gasteiger partial charge in [0.25, 0.3) is 0 Å². The van der Waals surface area contributed by atoms with Crippen molar-refractivity contribution in [3.63, 3.8) is 0 Å². The van der Waals surface area contributed by atoms with Crippen LogP contribution in [0.1, 0.15) is 30.4 Å². The van der Waals surface area contributed by atoms with E-state index < -0.39 is 6.10 Å². The SMILES string of the molecule is CN=C(NC#N)NCC(O)COCc1cccc(CN2CCCCC2)c1. The summed E-state index contributed by atoms with van der Waals surface area (Å²) >= 11 is 0. The number of hydrogen-bond donors (Lipinski definition) is 3. The van der Waals surface area contributed by atoms with Crippen molar-refractivity contribution in [2.24, 2.45) is 4.99 Å². The highest BCUT2D eigenvalue weighted by molar-refractivity contribution is 5.80. The first kappa shape index (κ1) is 20.2. The fraction of sp³-hybridized carbons (Fsp3) is 0.579. The number of ether oxygens (including phenoxy) is 1. The van der Waals surface area contributed by atoms with Crippen molar-refractivity contribution >= 4 is 5.96 Å². The van der Waals surface area contributed by atoms with E-state index in [0.717, 1.165) is 12.1 Å². The van der Waals surface area contributed by atoms with Gasteiger partial charge >= 0.3 is 0 Å². The summed E-state index contributed by atoms with van der Waals surface area (Å²) in [4.78, 5) is 6.35. The summed E-state index contributed by atoms with van der Waals surface area (Å²) in [5.74, 6) is 0.331. The Labute approximate surface area is 155 Å². The van der Waals surface area contributed by atoms with Gasteiger partial charge < -0.3 is 15.2 Å². The molecule has 7 nitrogen and oxygen atoms in total. The predicted octanol–water partition coefficient (Wildman–Crippen LogP) is 1.20. The number of piperidine rings is 1. The fourth-order valence-electron chi connectivity index (χ4n) is 3.01. The molecule has 1 aromatic rings. The second kappa shape index (κ2) is 11.5. The molecule has 26 heavy (non-hydrogen) atoms. The third kappa shape index (κ3) is 7.40. The quantitative estimate of drug-likeness (QED) is 0.279. The number of nitrogens with zero attached hydrogens (tertiary/aromatic N) is 3. The number of benzene rings is 1. The number of guanidine groups is 1. The van der Waals surface area contributed by atoms with Gasteiger partial charge in [-0.3, -0.25) is 15.2 Å². The summed E-state index contributed by atoms with van der Waals surface area (Å²) in [5.41, 5.74) is 2.42. The topological polar surface area (TPSA) is 92.9 Å². The van der Waals surface area contributed by atoms with Crippen molar-refractivity contribution in [2.75, 3.05) is 33.3 Å². The first-order valence-corrected chi connectivity index (χ1v) is 9.13. The Kier molecular flexibility index (Phi) is 8.90. The lowest BCUT2D eigenvalue weighted by Crippen LogP contribution is -2.40. The third-order valence-electron chi connectivity index (χ3n) is 4.33. The van der Waals surface area contributed by atoms with Crippen LogP contribution in [0.15, 0.2) is 29.3 Å². The van der Waals surface area contributed by atoms with Gasteiger partial charge in [-0.25, -0.2) is 0 Å². The zero-order valence-corrected chi connectivity index (χ0v) is 15.4. The highest BCUT2D eigenvalue weighted by Crippen LogP contribution is 2.14. The lowest BCUT2D eigenvalue weighted by atomic mass is 10.1. The molecule has 0 bridgehead atoms. The van der Waals surface area contributed by atoms with E-state index in [1.807, 2.05) is 6.07 Å². The van der Waals surface area contributed by atoms with Gasteiger partial charge in [0.15, 0.2) is 6.19 Å². The zero-order valence-electron chi connectivity index (χ0n) is 15.4. The van der Waals surface area contributed by atoms with Gasteiger partial charge in [-0.1, -0.05) is 30.7 Å². The second-order valence-corrected chi connectivity index (χ2v) is 6.52. The van der Waals surface area contributed by atoms with E-state index in [4.69, 9.17) is 10.00 Å². The smallest absolute Gasteiger partial charge is 0.204 e. The van der Waals surface area contributed by atoms with Gasteiger partial charge in [-0.2, -0.15) is 5.26 Å². The molecule has 2 rings (SSSR count). The van der Waals surface area contributed by atoms with Crippen LogP contribution in [0.3, 0.4) is 0 Å². The summed E-state index contributed by atoms with van der Waals surface area (Å²) in [6, 6.07) is 8.44. The molecule has 0 saturated carbocycles. The van der Waals surface area contributed by atoms with Crippen LogP contribution >= 0.6 is 0 Å². The lowest BCUT2D eigenvalue weighted by Gasteiger charge is -2.26. The molecule has 1 atom stereocenters. The van der Waals surface area contributed by atoms with Gasteiger partial charge in [0.2, 0.25) is 5.96 Å². The summed E-state index contributed by atoms with van der Waals surface area (Å²) in [5, 5.41) is 23.8. The van der Waals surface area contributed by atoms with E-state index in [-0.39, 0.29) is 13.2 Å². The van der Waals surface area contributed by atoms with Crippen LogP contribution in [0.4, 0.5) is 0 Å². The number of aliphatic hydroxyl groups excluding tert-OH is 1. The molecule has 1 fully saturated rings. The number of hydrogen-bond acceptors (Lipinski definition) is 5. The lowest BCUT2D eigenvalue weighted by molar-refractivity contribution is 0.0308. The molecule has 7 heteroatoms. The molecule has 1 aliphatic rings. The molecule has 3 N–H and O–H groups in total. The van der Waals surface area contributed by atoms with E-state index in [1.165, 1.54) is 37.9 Å². The van der Waals surface area contributed by atoms with Crippen LogP contribution < -0.4 is 10.6 Å². The molecular weight excluding hydrogens is 330 g/mol. The Morgan fingerprint density at radius 3 is 2.85 bits per heavy atom. The number of nitriles is 1. The minimum absolute atomic E-state index is 0.215. The number of likely N-dealkylation sites (tertiary alicyclic amines) is 1. The van der Waals surface area contributed by atoms with Crippen LogP contribution in [0.5, 0.6) is 0 Å². The molecule has 1 heterocycles. The fourth-order valence-corrected chi connectivity index (χ4v) is 3.01. The van der Waals surface area contributed by atoms with Crippen molar-refractivity contribution in [3.8, 4) is 6.19 Å². The zero-order chi connectivity index (χ0) is 18.6. The van der Waals surface area contributed by atoms with Crippen LogP contribution in [-0.2, 0) is 17.9 Å². The minimum atomic E-state index is -0.677. The minimum Gasteiger partial charge on any atom is -0.389 e. The monoisotopic (exact) mass is 359 g/mol. The van der Waals surface area contributed by atoms with E-state index in [0.29, 0.717) is 12.6 Å². The van der Waals surface area contributed by atoms with Crippen molar-refractivity contribution < 1.29 is 9.84 Å². The molecule has 1 unspecified atom stereocenters. The predicted molar refractivity (Wildman–Crippen MR) is 101 cm³/mol. The largest absolute Gasteiger partial charge is 0.389 e. The number of rotatable bonds is 8. The Balaban J connectivity index is 1.70. The van der Waals surface area contributed by atoms with Gasteiger partial charge in [0, 0.05) is 20.1 Å². The highest BCUT2D eigenvalue weighted by atomic mass is 16.5. The molecule has 1 aliphatic heterocycles. The Morgan fingerprint density at radius 2 is 2.12 bits per heavy atom. The maximum atomic E-state index is 9.95. The highest BCUT2D eigenvalue weighted by Gasteiger charge is 2.11. The number of aliphatic imine (C=N–C) groups is 1. The van der Waals surface area contributed by atoms with Crippen LogP contribution in [0.25, 0.3) is 0 Å². The molecule has 0 radical (unpaired) electrons. The molecule has 1 saturated heterocycles. The van der Waals surface area contributed by atoms with Crippen molar-refractivity contribution in [1.29, 1.82) is 5.26 Å². The number of aliphatic hydroxyl groups is 1. The molecule has 0 aliphatic carbocycles. The maximum absolute atomic E-state index is 9.95. The van der Waals surface area contributed by atoms with Gasteiger partial charge in [-0.15, -0.1) is 0 Å². The third-order valence-corrected chi connectivity index (χ3v) is 4.33. The Bertz CT molecular complexity index is 608. The Morgan fingerprint density at radius 1 is 1.35 bits per heavy atom. The van der Waals surface area contributed by atoms with E-state index in [9.17, 15) is 5.11 Å². The van der Waals surface area contributed by atoms with Crippen LogP contribution in [0, 0.1) is 11.5 Å². The van der Waals surface area contributed by atoms with E-state index in [1.54, 1.807) is 13.2 Å². The molecule has 0 amide bonds. The summed E-state index contributed by atoms with van der Waals surface area (Å²) in [7, 11) is 1.56. The molecule has 1 aromatic carbocycles. The summed E-state index contributed by atoms with van der Waals surface area (Å²) in [6.45, 7) is 4.30. The number of nitrogens with one attached hydrogen (secondary N) is 2. The summed E-state index contributed by atoms with van der Waals surface area (Å²) in [6.07, 6.45) is 5.04. The molecule has 0 aromatic heterocycles. The van der Waals surface area contributed by atoms with E-state index >= 15 is 0 Å². The van der Waals surface area contributed by atoms with Gasteiger partial charge in [0.05, 0.1) is 19.3 Å². The van der Waals surface area contributed by atoms with Crippen LogP contribution in [-0.4, -0.2) is 55.4 Å². The van der Waals surface area contributed by atoms with Crippen LogP contribution in [0.2, 0.25) is 0 Å². The molecule has 142 valence electrons. The molecular formula is C19H29N5O2. The standard InChI is InChI=1S/C19H29N5O2/c1-21-19(23-15-20)22-11-18(25)14-26-13-17-7-5-6-16(10-17)12-24-8-3-2-4-9-24/h5-7,10,18,25H,2-4,8-9,11-14H2,1H3,(H2,21,22,23). The van der Waals surface area contributed by atoms with Gasteiger partial charge in [0.1, 0.15) is 0 Å². The second-order valence-electron chi connectivity index (χ2n) is 6.52.